The van der Waals surface area contributed by atoms with Gasteiger partial charge in [-0.15, -0.1) is 0 Å². The summed E-state index contributed by atoms with van der Waals surface area (Å²) in [5.41, 5.74) is 2.79. The van der Waals surface area contributed by atoms with Crippen LogP contribution in [0.2, 0.25) is 0 Å². The maximum atomic E-state index is 12.7. The quantitative estimate of drug-likeness (QED) is 0.909. The number of hydrogen-bond donors (Lipinski definition) is 1. The molecule has 2 aromatic carbocycles. The Bertz CT molecular complexity index is 829. The number of benzene rings is 2. The van der Waals surface area contributed by atoms with Crippen molar-refractivity contribution in [1.29, 1.82) is 0 Å². The van der Waals surface area contributed by atoms with Crippen LogP contribution in [-0.4, -0.2) is 22.6 Å². The van der Waals surface area contributed by atoms with Gasteiger partial charge in [-0.1, -0.05) is 12.1 Å². The lowest BCUT2D eigenvalue weighted by Crippen LogP contribution is -2.15. The van der Waals surface area contributed by atoms with E-state index in [2.05, 4.69) is 4.72 Å². The summed E-state index contributed by atoms with van der Waals surface area (Å²) < 4.78 is 38.5. The lowest BCUT2D eigenvalue weighted by atomic mass is 10.2. The molecule has 124 valence electrons. The van der Waals surface area contributed by atoms with Gasteiger partial charge in [-0.2, -0.15) is 0 Å². The van der Waals surface area contributed by atoms with Crippen LogP contribution in [0.4, 0.5) is 5.69 Å². The first kappa shape index (κ1) is 17.1. The summed E-state index contributed by atoms with van der Waals surface area (Å²) in [5.74, 6) is 1.02. The van der Waals surface area contributed by atoms with Gasteiger partial charge in [0, 0.05) is 6.07 Å². The third-order valence-electron chi connectivity index (χ3n) is 3.61. The minimum Gasteiger partial charge on any atom is -0.493 e. The number of sulfonamides is 1. The van der Waals surface area contributed by atoms with Crippen molar-refractivity contribution in [3.63, 3.8) is 0 Å². The van der Waals surface area contributed by atoms with Crippen molar-refractivity contribution in [3.05, 3.63) is 47.0 Å². The van der Waals surface area contributed by atoms with Gasteiger partial charge in [0.2, 0.25) is 0 Å². The molecule has 0 saturated carbocycles. The van der Waals surface area contributed by atoms with E-state index < -0.39 is 10.0 Å². The molecule has 0 saturated heterocycles. The molecule has 0 heterocycles. The molecule has 6 heteroatoms. The minimum atomic E-state index is -3.68. The molecule has 5 nitrogen and oxygen atoms in total. The Morgan fingerprint density at radius 2 is 1.48 bits per heavy atom. The van der Waals surface area contributed by atoms with Crippen LogP contribution in [0.5, 0.6) is 11.5 Å². The molecule has 23 heavy (non-hydrogen) atoms. The van der Waals surface area contributed by atoms with Gasteiger partial charge in [-0.3, -0.25) is 4.72 Å². The van der Waals surface area contributed by atoms with Crippen LogP contribution < -0.4 is 14.2 Å². The lowest BCUT2D eigenvalue weighted by Gasteiger charge is -2.15. The maximum Gasteiger partial charge on any atom is 0.262 e. The number of hydrogen-bond acceptors (Lipinski definition) is 4. The average Bonchev–Trinajstić information content (AvgIpc) is 2.50. The average molecular weight is 335 g/mol. The number of methoxy groups -OCH3 is 2. The summed E-state index contributed by atoms with van der Waals surface area (Å²) in [4.78, 5) is 0.270. The standard InChI is InChI=1S/C17H21NO4S/c1-11-6-7-12(2)17(8-11)23(19,20)18-14-10-16(22-5)15(21-4)9-13(14)3/h6-10,18H,1-5H3. The molecule has 0 aromatic heterocycles. The first-order valence-electron chi connectivity index (χ1n) is 7.11. The lowest BCUT2D eigenvalue weighted by molar-refractivity contribution is 0.355. The molecule has 2 aromatic rings. The Balaban J connectivity index is 2.47. The van der Waals surface area contributed by atoms with Crippen molar-refractivity contribution in [2.75, 3.05) is 18.9 Å². The fraction of sp³-hybridized carbons (Fsp3) is 0.294. The summed E-state index contributed by atoms with van der Waals surface area (Å²) in [6.45, 7) is 5.44. The highest BCUT2D eigenvalue weighted by molar-refractivity contribution is 7.92. The molecule has 0 aliphatic rings. The smallest absolute Gasteiger partial charge is 0.262 e. The second kappa shape index (κ2) is 6.50. The van der Waals surface area contributed by atoms with Gasteiger partial charge in [0.25, 0.3) is 10.0 Å². The monoisotopic (exact) mass is 335 g/mol. The summed E-state index contributed by atoms with van der Waals surface area (Å²) in [7, 11) is -0.631. The van der Waals surface area contributed by atoms with Gasteiger partial charge >= 0.3 is 0 Å². The van der Waals surface area contributed by atoms with Crippen molar-refractivity contribution in [3.8, 4) is 11.5 Å². The van der Waals surface area contributed by atoms with E-state index in [1.54, 1.807) is 31.2 Å². The highest BCUT2D eigenvalue weighted by Gasteiger charge is 2.19. The number of anilines is 1. The van der Waals surface area contributed by atoms with Crippen molar-refractivity contribution in [1.82, 2.24) is 0 Å². The highest BCUT2D eigenvalue weighted by atomic mass is 32.2. The van der Waals surface area contributed by atoms with E-state index in [1.807, 2.05) is 19.9 Å². The molecule has 0 amide bonds. The predicted octanol–water partition coefficient (Wildman–Crippen LogP) is 3.43. The number of aryl methyl sites for hydroxylation is 3. The zero-order chi connectivity index (χ0) is 17.2. The molecular formula is C17H21NO4S. The van der Waals surface area contributed by atoms with Crippen LogP contribution in [-0.2, 0) is 10.0 Å². The van der Waals surface area contributed by atoms with Gasteiger partial charge in [0.15, 0.2) is 11.5 Å². The van der Waals surface area contributed by atoms with E-state index in [1.165, 1.54) is 14.2 Å². The number of ether oxygens (including phenoxy) is 2. The Labute approximate surface area is 137 Å². The van der Waals surface area contributed by atoms with Crippen molar-refractivity contribution >= 4 is 15.7 Å². The second-order valence-electron chi connectivity index (χ2n) is 5.40. The van der Waals surface area contributed by atoms with Crippen LogP contribution in [0.15, 0.2) is 35.2 Å². The first-order valence-corrected chi connectivity index (χ1v) is 8.59. The van der Waals surface area contributed by atoms with E-state index in [0.29, 0.717) is 22.7 Å². The Morgan fingerprint density at radius 1 is 0.870 bits per heavy atom. The van der Waals surface area contributed by atoms with Gasteiger partial charge in [0.1, 0.15) is 0 Å². The SMILES string of the molecule is COc1cc(C)c(NS(=O)(=O)c2cc(C)ccc2C)cc1OC. The van der Waals surface area contributed by atoms with Gasteiger partial charge in [-0.25, -0.2) is 8.42 Å². The molecule has 0 aliphatic carbocycles. The zero-order valence-corrected chi connectivity index (χ0v) is 14.7. The van der Waals surface area contributed by atoms with E-state index in [-0.39, 0.29) is 4.90 Å². The van der Waals surface area contributed by atoms with Crippen LogP contribution in [0.3, 0.4) is 0 Å². The molecule has 0 unspecified atom stereocenters. The largest absolute Gasteiger partial charge is 0.493 e. The van der Waals surface area contributed by atoms with E-state index in [0.717, 1.165) is 11.1 Å². The fourth-order valence-electron chi connectivity index (χ4n) is 2.29. The van der Waals surface area contributed by atoms with E-state index >= 15 is 0 Å². The second-order valence-corrected chi connectivity index (χ2v) is 7.05. The van der Waals surface area contributed by atoms with Gasteiger partial charge < -0.3 is 9.47 Å². The third kappa shape index (κ3) is 3.59. The van der Waals surface area contributed by atoms with Crippen molar-refractivity contribution in [2.24, 2.45) is 0 Å². The van der Waals surface area contributed by atoms with E-state index in [9.17, 15) is 8.42 Å². The van der Waals surface area contributed by atoms with Crippen molar-refractivity contribution in [2.45, 2.75) is 25.7 Å². The Kier molecular flexibility index (Phi) is 4.85. The molecule has 2 rings (SSSR count). The molecule has 1 N–H and O–H groups in total. The van der Waals surface area contributed by atoms with Gasteiger partial charge in [0.05, 0.1) is 24.8 Å². The molecule has 0 spiro atoms. The third-order valence-corrected chi connectivity index (χ3v) is 5.12. The molecule has 0 aliphatic heterocycles. The van der Waals surface area contributed by atoms with Crippen LogP contribution in [0, 0.1) is 20.8 Å². The Morgan fingerprint density at radius 3 is 2.09 bits per heavy atom. The number of rotatable bonds is 5. The molecule has 0 radical (unpaired) electrons. The number of nitrogens with one attached hydrogen (secondary N) is 1. The maximum absolute atomic E-state index is 12.7. The summed E-state index contributed by atoms with van der Waals surface area (Å²) in [5, 5.41) is 0. The first-order chi connectivity index (χ1) is 10.8. The highest BCUT2D eigenvalue weighted by Crippen LogP contribution is 2.34. The zero-order valence-electron chi connectivity index (χ0n) is 13.9. The van der Waals surface area contributed by atoms with Crippen LogP contribution in [0.1, 0.15) is 16.7 Å². The fourth-order valence-corrected chi connectivity index (χ4v) is 3.74. The molecular weight excluding hydrogens is 314 g/mol. The topological polar surface area (TPSA) is 64.6 Å². The molecule has 0 fully saturated rings. The van der Waals surface area contributed by atoms with E-state index in [4.69, 9.17) is 9.47 Å². The molecule has 0 bridgehead atoms. The predicted molar refractivity (Wildman–Crippen MR) is 91.0 cm³/mol. The summed E-state index contributed by atoms with van der Waals surface area (Å²) >= 11 is 0. The van der Waals surface area contributed by atoms with Gasteiger partial charge in [-0.05, 0) is 49.6 Å². The van der Waals surface area contributed by atoms with Crippen LogP contribution >= 0.6 is 0 Å². The van der Waals surface area contributed by atoms with Crippen molar-refractivity contribution < 1.29 is 17.9 Å². The minimum absolute atomic E-state index is 0.270. The normalized spacial score (nSPS) is 11.2. The Hall–Kier alpha value is -2.21. The van der Waals surface area contributed by atoms with Crippen LogP contribution in [0.25, 0.3) is 0 Å². The summed E-state index contributed by atoms with van der Waals surface area (Å²) in [6.07, 6.45) is 0. The summed E-state index contributed by atoms with van der Waals surface area (Å²) in [6, 6.07) is 8.70. The molecule has 0 atom stereocenters.